The molecule has 0 aliphatic heterocycles. The number of nitrogens with zero attached hydrogens (tertiary/aromatic N) is 2. The highest BCUT2D eigenvalue weighted by atomic mass is 16.5. The fourth-order valence-corrected chi connectivity index (χ4v) is 1.58. The molecule has 0 aliphatic carbocycles. The number of ether oxygens (including phenoxy) is 1. The fraction of sp³-hybridized carbons (Fsp3) is 0.615. The van der Waals surface area contributed by atoms with Crippen LogP contribution in [-0.4, -0.2) is 29.1 Å². The zero-order valence-corrected chi connectivity index (χ0v) is 11.7. The second-order valence-electron chi connectivity index (χ2n) is 5.35. The summed E-state index contributed by atoms with van der Waals surface area (Å²) in [5, 5.41) is 3.17. The number of methoxy groups -OCH3 is 1. The SMILES string of the molecule is COC(=O)[C@H](NCc1cnc(C)cn1)C(C)(C)C. The predicted molar refractivity (Wildman–Crippen MR) is 68.9 cm³/mol. The summed E-state index contributed by atoms with van der Waals surface area (Å²) < 4.78 is 4.81. The molecule has 1 rings (SSSR count). The maximum absolute atomic E-state index is 11.7. The van der Waals surface area contributed by atoms with E-state index in [1.54, 1.807) is 12.4 Å². The van der Waals surface area contributed by atoms with Gasteiger partial charge in [-0.05, 0) is 12.3 Å². The third kappa shape index (κ3) is 4.07. The van der Waals surface area contributed by atoms with Crippen molar-refractivity contribution in [1.82, 2.24) is 15.3 Å². The van der Waals surface area contributed by atoms with Gasteiger partial charge in [-0.25, -0.2) is 0 Å². The molecule has 0 unspecified atom stereocenters. The van der Waals surface area contributed by atoms with Crippen LogP contribution in [0.25, 0.3) is 0 Å². The van der Waals surface area contributed by atoms with Crippen molar-refractivity contribution in [2.24, 2.45) is 5.41 Å². The topological polar surface area (TPSA) is 64.1 Å². The van der Waals surface area contributed by atoms with Crippen molar-refractivity contribution in [1.29, 1.82) is 0 Å². The lowest BCUT2D eigenvalue weighted by Gasteiger charge is -2.29. The molecule has 1 heterocycles. The zero-order chi connectivity index (χ0) is 13.8. The summed E-state index contributed by atoms with van der Waals surface area (Å²) >= 11 is 0. The summed E-state index contributed by atoms with van der Waals surface area (Å²) in [5.74, 6) is -0.262. The van der Waals surface area contributed by atoms with Crippen molar-refractivity contribution in [3.63, 3.8) is 0 Å². The molecular weight excluding hydrogens is 230 g/mol. The molecular formula is C13H21N3O2. The van der Waals surface area contributed by atoms with Crippen molar-refractivity contribution in [3.8, 4) is 0 Å². The number of hydrogen-bond donors (Lipinski definition) is 1. The highest BCUT2D eigenvalue weighted by molar-refractivity contribution is 5.76. The highest BCUT2D eigenvalue weighted by Crippen LogP contribution is 2.20. The molecule has 0 saturated heterocycles. The lowest BCUT2D eigenvalue weighted by Crippen LogP contribution is -2.46. The Kier molecular flexibility index (Phi) is 4.78. The van der Waals surface area contributed by atoms with Gasteiger partial charge in [-0.3, -0.25) is 20.1 Å². The lowest BCUT2D eigenvalue weighted by molar-refractivity contribution is -0.146. The molecule has 1 aromatic heterocycles. The maximum atomic E-state index is 11.7. The van der Waals surface area contributed by atoms with Gasteiger partial charge in [0.25, 0.3) is 0 Å². The number of aryl methyl sites for hydroxylation is 1. The Morgan fingerprint density at radius 1 is 1.39 bits per heavy atom. The van der Waals surface area contributed by atoms with Crippen LogP contribution in [0.4, 0.5) is 0 Å². The largest absolute Gasteiger partial charge is 0.468 e. The number of hydrogen-bond acceptors (Lipinski definition) is 5. The lowest BCUT2D eigenvalue weighted by atomic mass is 9.86. The van der Waals surface area contributed by atoms with E-state index in [-0.39, 0.29) is 17.4 Å². The smallest absolute Gasteiger partial charge is 0.323 e. The van der Waals surface area contributed by atoms with E-state index in [0.717, 1.165) is 11.4 Å². The van der Waals surface area contributed by atoms with Gasteiger partial charge in [-0.15, -0.1) is 0 Å². The normalized spacial score (nSPS) is 13.2. The van der Waals surface area contributed by atoms with E-state index in [1.807, 2.05) is 27.7 Å². The van der Waals surface area contributed by atoms with Crippen LogP contribution in [0, 0.1) is 12.3 Å². The van der Waals surface area contributed by atoms with E-state index in [4.69, 9.17) is 4.74 Å². The quantitative estimate of drug-likeness (QED) is 0.821. The summed E-state index contributed by atoms with van der Waals surface area (Å²) in [7, 11) is 1.40. The third-order valence-electron chi connectivity index (χ3n) is 2.62. The van der Waals surface area contributed by atoms with E-state index >= 15 is 0 Å². The summed E-state index contributed by atoms with van der Waals surface area (Å²) in [6.45, 7) is 8.34. The molecule has 1 atom stereocenters. The number of carbonyl (C=O) groups excluding carboxylic acids is 1. The third-order valence-corrected chi connectivity index (χ3v) is 2.62. The van der Waals surface area contributed by atoms with Gasteiger partial charge in [0.2, 0.25) is 0 Å². The second-order valence-corrected chi connectivity index (χ2v) is 5.35. The number of nitrogens with one attached hydrogen (secondary N) is 1. The van der Waals surface area contributed by atoms with E-state index < -0.39 is 0 Å². The highest BCUT2D eigenvalue weighted by Gasteiger charge is 2.31. The standard InChI is InChI=1S/C13H21N3O2/c1-9-6-15-10(7-14-9)8-16-11(12(17)18-5)13(2,3)4/h6-7,11,16H,8H2,1-5H3/t11-/m0/s1. The molecule has 5 heteroatoms. The van der Waals surface area contributed by atoms with Crippen molar-refractivity contribution < 1.29 is 9.53 Å². The Morgan fingerprint density at radius 2 is 2.06 bits per heavy atom. The van der Waals surface area contributed by atoms with Crippen molar-refractivity contribution in [2.45, 2.75) is 40.3 Å². The number of esters is 1. The van der Waals surface area contributed by atoms with Crippen LogP contribution in [0.15, 0.2) is 12.4 Å². The van der Waals surface area contributed by atoms with Crippen LogP contribution in [0.1, 0.15) is 32.2 Å². The first-order valence-corrected chi connectivity index (χ1v) is 5.93. The summed E-state index contributed by atoms with van der Waals surface area (Å²) in [6, 6.07) is -0.370. The first kappa shape index (κ1) is 14.6. The fourth-order valence-electron chi connectivity index (χ4n) is 1.58. The van der Waals surface area contributed by atoms with Gasteiger partial charge in [0, 0.05) is 18.9 Å². The van der Waals surface area contributed by atoms with Gasteiger partial charge < -0.3 is 4.74 Å². The Hall–Kier alpha value is -1.49. The summed E-state index contributed by atoms with van der Waals surface area (Å²) in [4.78, 5) is 20.1. The minimum absolute atomic E-state index is 0.217. The Morgan fingerprint density at radius 3 is 2.50 bits per heavy atom. The van der Waals surface area contributed by atoms with Gasteiger partial charge in [0.05, 0.1) is 18.5 Å². The van der Waals surface area contributed by atoms with Gasteiger partial charge in [-0.1, -0.05) is 20.8 Å². The van der Waals surface area contributed by atoms with E-state index in [1.165, 1.54) is 7.11 Å². The molecule has 18 heavy (non-hydrogen) atoms. The van der Waals surface area contributed by atoms with Crippen molar-refractivity contribution in [3.05, 3.63) is 23.8 Å². The summed E-state index contributed by atoms with van der Waals surface area (Å²) in [5.41, 5.74) is 1.46. The minimum atomic E-state index is -0.370. The Bertz CT molecular complexity index is 396. The predicted octanol–water partition coefficient (Wildman–Crippen LogP) is 1.46. The second kappa shape index (κ2) is 5.91. The van der Waals surface area contributed by atoms with Crippen LogP contribution < -0.4 is 5.32 Å². The first-order chi connectivity index (χ1) is 8.34. The van der Waals surface area contributed by atoms with E-state index in [0.29, 0.717) is 6.54 Å². The van der Waals surface area contributed by atoms with Crippen molar-refractivity contribution >= 4 is 5.97 Å². The Balaban J connectivity index is 2.68. The molecule has 0 spiro atoms. The molecule has 0 aliphatic rings. The molecule has 0 aromatic carbocycles. The molecule has 1 aromatic rings. The van der Waals surface area contributed by atoms with Crippen LogP contribution in [0.3, 0.4) is 0 Å². The van der Waals surface area contributed by atoms with E-state index in [2.05, 4.69) is 15.3 Å². The van der Waals surface area contributed by atoms with Gasteiger partial charge >= 0.3 is 5.97 Å². The molecule has 5 nitrogen and oxygen atoms in total. The monoisotopic (exact) mass is 251 g/mol. The molecule has 0 fully saturated rings. The number of rotatable bonds is 4. The zero-order valence-electron chi connectivity index (χ0n) is 11.7. The van der Waals surface area contributed by atoms with Crippen LogP contribution in [-0.2, 0) is 16.1 Å². The molecule has 0 saturated carbocycles. The van der Waals surface area contributed by atoms with Crippen molar-refractivity contribution in [2.75, 3.05) is 7.11 Å². The van der Waals surface area contributed by atoms with E-state index in [9.17, 15) is 4.79 Å². The molecule has 0 amide bonds. The molecule has 0 bridgehead atoms. The molecule has 1 N–H and O–H groups in total. The minimum Gasteiger partial charge on any atom is -0.468 e. The molecule has 100 valence electrons. The average Bonchev–Trinajstić information content (AvgIpc) is 2.29. The van der Waals surface area contributed by atoms with Gasteiger partial charge in [-0.2, -0.15) is 0 Å². The number of carbonyl (C=O) groups is 1. The van der Waals surface area contributed by atoms with Crippen LogP contribution >= 0.6 is 0 Å². The summed E-state index contributed by atoms with van der Waals surface area (Å²) in [6.07, 6.45) is 3.42. The van der Waals surface area contributed by atoms with Gasteiger partial charge in [0.15, 0.2) is 0 Å². The number of aromatic nitrogens is 2. The maximum Gasteiger partial charge on any atom is 0.323 e. The average molecular weight is 251 g/mol. The van der Waals surface area contributed by atoms with Gasteiger partial charge in [0.1, 0.15) is 6.04 Å². The van der Waals surface area contributed by atoms with Crippen LogP contribution in [0.2, 0.25) is 0 Å². The first-order valence-electron chi connectivity index (χ1n) is 5.93. The van der Waals surface area contributed by atoms with Crippen LogP contribution in [0.5, 0.6) is 0 Å². The Labute approximate surface area is 108 Å². The molecule has 0 radical (unpaired) electrons.